The molecule has 11 nitrogen and oxygen atoms in total. The zero-order valence-electron chi connectivity index (χ0n) is 32.0. The second-order valence-electron chi connectivity index (χ2n) is 12.0. The first kappa shape index (κ1) is 50.3. The van der Waals surface area contributed by atoms with E-state index in [0.29, 0.717) is 132 Å². The second kappa shape index (κ2) is 49.3. The van der Waals surface area contributed by atoms with Crippen LogP contribution in [0.1, 0.15) is 96.8 Å². The molecular formula is C38H77IO11. The van der Waals surface area contributed by atoms with Crippen molar-refractivity contribution in [3.8, 4) is 0 Å². The average molecular weight is 837 g/mol. The molecule has 0 aromatic rings. The Morgan fingerprint density at radius 3 is 0.620 bits per heavy atom. The van der Waals surface area contributed by atoms with Crippen LogP contribution in [-0.2, 0) is 52.1 Å². The van der Waals surface area contributed by atoms with Gasteiger partial charge in [0.15, 0.2) is 0 Å². The van der Waals surface area contributed by atoms with Crippen LogP contribution in [0.25, 0.3) is 0 Å². The van der Waals surface area contributed by atoms with Gasteiger partial charge >= 0.3 is 0 Å². The van der Waals surface area contributed by atoms with Crippen LogP contribution in [-0.4, -0.2) is 150 Å². The van der Waals surface area contributed by atoms with Crippen molar-refractivity contribution in [2.45, 2.75) is 96.8 Å². The highest BCUT2D eigenvalue weighted by atomic mass is 127. The Balaban J connectivity index is 3.04. The molecule has 0 aliphatic carbocycles. The van der Waals surface area contributed by atoms with Crippen LogP contribution in [0.3, 0.4) is 0 Å². The Hall–Kier alpha value is 0.290. The van der Waals surface area contributed by atoms with Gasteiger partial charge in [-0.3, -0.25) is 0 Å². The summed E-state index contributed by atoms with van der Waals surface area (Å²) >= 11 is 2.42. The lowest BCUT2D eigenvalue weighted by Gasteiger charge is -2.09. The summed E-state index contributed by atoms with van der Waals surface area (Å²) in [5.74, 6) is 0. The molecule has 0 fully saturated rings. The lowest BCUT2D eigenvalue weighted by atomic mass is 10.1. The molecule has 0 saturated carbocycles. The standard InChI is InChI=1S/C38H77IO11/c1-2-3-4-5-6-7-8-9-11-14-17-40-19-21-42-23-25-44-27-29-46-31-33-48-35-37-50-38-36-49-34-32-47-30-28-45-26-24-43-22-20-41-18-15-12-10-13-16-39/h2-38H2,1H3. The molecule has 0 N–H and O–H groups in total. The monoisotopic (exact) mass is 836 g/mol. The Morgan fingerprint density at radius 1 is 0.220 bits per heavy atom. The van der Waals surface area contributed by atoms with Crippen molar-refractivity contribution in [3.05, 3.63) is 0 Å². The molecule has 0 aromatic carbocycles. The number of alkyl halides is 1. The van der Waals surface area contributed by atoms with Gasteiger partial charge < -0.3 is 52.1 Å². The number of hydrogen-bond donors (Lipinski definition) is 0. The molecule has 0 amide bonds. The molecule has 0 saturated heterocycles. The SMILES string of the molecule is CCCCCCCCCCCCOCCOCCOCCOCCOCCOCCOCCOCCOCCOCCOCCCCCCI. The van der Waals surface area contributed by atoms with Crippen molar-refractivity contribution in [3.63, 3.8) is 0 Å². The summed E-state index contributed by atoms with van der Waals surface area (Å²) in [7, 11) is 0. The number of hydrogen-bond acceptors (Lipinski definition) is 11. The first-order chi connectivity index (χ1) is 24.9. The number of rotatable bonds is 47. The minimum atomic E-state index is 0.528. The van der Waals surface area contributed by atoms with Crippen molar-refractivity contribution < 1.29 is 52.1 Å². The van der Waals surface area contributed by atoms with Gasteiger partial charge in [0.1, 0.15) is 0 Å². The Bertz CT molecular complexity index is 533. The third-order valence-electron chi connectivity index (χ3n) is 7.53. The molecular weight excluding hydrogens is 759 g/mol. The zero-order valence-corrected chi connectivity index (χ0v) is 34.2. The van der Waals surface area contributed by atoms with Gasteiger partial charge in [-0.1, -0.05) is 100 Å². The van der Waals surface area contributed by atoms with E-state index < -0.39 is 0 Å². The summed E-state index contributed by atoms with van der Waals surface area (Å²) in [6.07, 6.45) is 18.4. The smallest absolute Gasteiger partial charge is 0.0701 e. The van der Waals surface area contributed by atoms with Gasteiger partial charge in [0.05, 0.1) is 132 Å². The first-order valence-corrected chi connectivity index (χ1v) is 21.4. The van der Waals surface area contributed by atoms with Crippen molar-refractivity contribution in [2.24, 2.45) is 0 Å². The summed E-state index contributed by atoms with van der Waals surface area (Å²) in [5.41, 5.74) is 0. The summed E-state index contributed by atoms with van der Waals surface area (Å²) < 4.78 is 62.1. The van der Waals surface area contributed by atoms with Crippen molar-refractivity contribution in [1.82, 2.24) is 0 Å². The van der Waals surface area contributed by atoms with Gasteiger partial charge in [-0.2, -0.15) is 0 Å². The summed E-state index contributed by atoms with van der Waals surface area (Å²) in [6.45, 7) is 15.2. The maximum absolute atomic E-state index is 5.65. The van der Waals surface area contributed by atoms with E-state index in [1.54, 1.807) is 0 Å². The fraction of sp³-hybridized carbons (Fsp3) is 1.00. The summed E-state index contributed by atoms with van der Waals surface area (Å²) in [6, 6.07) is 0. The van der Waals surface area contributed by atoms with E-state index in [9.17, 15) is 0 Å². The number of ether oxygens (including phenoxy) is 11. The highest BCUT2D eigenvalue weighted by Crippen LogP contribution is 2.10. The van der Waals surface area contributed by atoms with E-state index >= 15 is 0 Å². The van der Waals surface area contributed by atoms with E-state index in [0.717, 1.165) is 26.1 Å². The molecule has 0 spiro atoms. The molecule has 302 valence electrons. The lowest BCUT2D eigenvalue weighted by molar-refractivity contribution is -0.0275. The highest BCUT2D eigenvalue weighted by Gasteiger charge is 1.98. The third kappa shape index (κ3) is 48.3. The van der Waals surface area contributed by atoms with Gasteiger partial charge in [-0.25, -0.2) is 0 Å². The molecule has 0 radical (unpaired) electrons. The van der Waals surface area contributed by atoms with Crippen LogP contribution in [0.15, 0.2) is 0 Å². The van der Waals surface area contributed by atoms with E-state index in [2.05, 4.69) is 29.5 Å². The second-order valence-corrected chi connectivity index (χ2v) is 13.1. The van der Waals surface area contributed by atoms with Crippen LogP contribution in [0.2, 0.25) is 0 Å². The third-order valence-corrected chi connectivity index (χ3v) is 8.30. The molecule has 0 heterocycles. The Kier molecular flexibility index (Phi) is 49.6. The van der Waals surface area contributed by atoms with E-state index in [1.165, 1.54) is 81.5 Å². The van der Waals surface area contributed by atoms with E-state index in [4.69, 9.17) is 52.1 Å². The maximum atomic E-state index is 5.65. The van der Waals surface area contributed by atoms with Gasteiger partial charge in [-0.05, 0) is 23.7 Å². The topological polar surface area (TPSA) is 102 Å². The lowest BCUT2D eigenvalue weighted by Crippen LogP contribution is -2.15. The molecule has 0 aliphatic heterocycles. The molecule has 0 aliphatic rings. The normalized spacial score (nSPS) is 11.6. The minimum absolute atomic E-state index is 0.528. The first-order valence-electron chi connectivity index (χ1n) is 19.8. The molecule has 0 aromatic heterocycles. The highest BCUT2D eigenvalue weighted by molar-refractivity contribution is 14.1. The van der Waals surface area contributed by atoms with E-state index in [-0.39, 0.29) is 0 Å². The molecule has 0 unspecified atom stereocenters. The average Bonchev–Trinajstić information content (AvgIpc) is 3.13. The summed E-state index contributed by atoms with van der Waals surface area (Å²) in [4.78, 5) is 0. The van der Waals surface area contributed by atoms with Crippen molar-refractivity contribution in [2.75, 3.05) is 150 Å². The quantitative estimate of drug-likeness (QED) is 0.0357. The van der Waals surface area contributed by atoms with Gasteiger partial charge in [0, 0.05) is 13.2 Å². The predicted octanol–water partition coefficient (Wildman–Crippen LogP) is 7.09. The van der Waals surface area contributed by atoms with Gasteiger partial charge in [0.2, 0.25) is 0 Å². The van der Waals surface area contributed by atoms with Crippen LogP contribution in [0, 0.1) is 0 Å². The minimum Gasteiger partial charge on any atom is -0.379 e. The Morgan fingerprint density at radius 2 is 0.400 bits per heavy atom. The number of halogens is 1. The molecule has 12 heteroatoms. The molecule has 50 heavy (non-hydrogen) atoms. The zero-order chi connectivity index (χ0) is 35.9. The maximum Gasteiger partial charge on any atom is 0.0701 e. The fourth-order valence-corrected chi connectivity index (χ4v) is 5.18. The van der Waals surface area contributed by atoms with Crippen LogP contribution >= 0.6 is 22.6 Å². The largest absolute Gasteiger partial charge is 0.379 e. The predicted molar refractivity (Wildman–Crippen MR) is 208 cm³/mol. The molecule has 0 atom stereocenters. The van der Waals surface area contributed by atoms with Crippen molar-refractivity contribution in [1.29, 1.82) is 0 Å². The van der Waals surface area contributed by atoms with Crippen LogP contribution < -0.4 is 0 Å². The van der Waals surface area contributed by atoms with Crippen molar-refractivity contribution >= 4 is 22.6 Å². The van der Waals surface area contributed by atoms with Crippen LogP contribution in [0.4, 0.5) is 0 Å². The van der Waals surface area contributed by atoms with Gasteiger partial charge in [-0.15, -0.1) is 0 Å². The molecule has 0 rings (SSSR count). The fourth-order valence-electron chi connectivity index (χ4n) is 4.64. The van der Waals surface area contributed by atoms with Crippen LogP contribution in [0.5, 0.6) is 0 Å². The van der Waals surface area contributed by atoms with Gasteiger partial charge in [0.25, 0.3) is 0 Å². The summed E-state index contributed by atoms with van der Waals surface area (Å²) in [5, 5.41) is 0. The number of unbranched alkanes of at least 4 members (excludes halogenated alkanes) is 12. The Labute approximate surface area is 320 Å². The molecule has 0 bridgehead atoms. The van der Waals surface area contributed by atoms with E-state index in [1.807, 2.05) is 0 Å².